The van der Waals surface area contributed by atoms with Crippen molar-refractivity contribution in [3.8, 4) is 0 Å². The van der Waals surface area contributed by atoms with E-state index in [1.165, 1.54) is 0 Å². The number of anilines is 2. The number of thiophene rings is 1. The average Bonchev–Trinajstić information content (AvgIpc) is 2.97. The average molecular weight is 330 g/mol. The molecule has 1 fully saturated rings. The number of ketones is 1. The van der Waals surface area contributed by atoms with Gasteiger partial charge in [-0.05, 0) is 18.3 Å². The van der Waals surface area contributed by atoms with Crippen molar-refractivity contribution in [1.29, 1.82) is 0 Å². The molecule has 0 amide bonds. The first-order valence-electron chi connectivity index (χ1n) is 6.95. The van der Waals surface area contributed by atoms with E-state index in [1.807, 2.05) is 0 Å². The summed E-state index contributed by atoms with van der Waals surface area (Å²) in [6.07, 6.45) is 3.39. The molecule has 0 aromatic carbocycles. The zero-order valence-electron chi connectivity index (χ0n) is 12.8. The molecule has 0 spiro atoms. The van der Waals surface area contributed by atoms with Crippen molar-refractivity contribution in [1.82, 2.24) is 0 Å². The molecular formula is C14H22N2O3S2. The fourth-order valence-corrected chi connectivity index (χ4v) is 4.70. The first-order valence-corrected chi connectivity index (χ1v) is 9.66. The molecule has 1 aliphatic carbocycles. The topological polar surface area (TPSA) is 89.3 Å². The van der Waals surface area contributed by atoms with Crippen LogP contribution in [0.2, 0.25) is 0 Å². The monoisotopic (exact) mass is 330 g/mol. The summed E-state index contributed by atoms with van der Waals surface area (Å²) in [6, 6.07) is 0. The summed E-state index contributed by atoms with van der Waals surface area (Å²) in [5.74, 6) is -0.333. The van der Waals surface area contributed by atoms with Gasteiger partial charge in [0.1, 0.15) is 9.90 Å². The van der Waals surface area contributed by atoms with Gasteiger partial charge in [0.2, 0.25) is 0 Å². The van der Waals surface area contributed by atoms with Crippen LogP contribution in [-0.4, -0.2) is 27.0 Å². The minimum absolute atomic E-state index is 0.0701. The highest BCUT2D eigenvalue weighted by molar-refractivity contribution is 7.91. The lowest BCUT2D eigenvalue weighted by Crippen LogP contribution is -2.13. The smallest absolute Gasteiger partial charge is 0.180 e. The van der Waals surface area contributed by atoms with Crippen molar-refractivity contribution in [2.45, 2.75) is 38.5 Å². The molecule has 0 saturated heterocycles. The number of carbonyl (C=O) groups is 1. The Kier molecular flexibility index (Phi) is 4.10. The van der Waals surface area contributed by atoms with Crippen molar-refractivity contribution in [2.75, 3.05) is 23.9 Å². The van der Waals surface area contributed by atoms with E-state index in [4.69, 9.17) is 5.73 Å². The molecule has 1 aromatic rings. The number of hydrogen-bond acceptors (Lipinski definition) is 6. The van der Waals surface area contributed by atoms with Gasteiger partial charge in [-0.1, -0.05) is 20.8 Å². The Balaban J connectivity index is 2.42. The SMILES string of the molecule is CC(C)C(=O)c1sc(NCC2(C)CC2)c(S(C)(=O)=O)c1N. The highest BCUT2D eigenvalue weighted by Crippen LogP contribution is 2.46. The summed E-state index contributed by atoms with van der Waals surface area (Å²) in [6.45, 7) is 6.40. The zero-order chi connectivity index (χ0) is 16.0. The van der Waals surface area contributed by atoms with E-state index in [9.17, 15) is 13.2 Å². The largest absolute Gasteiger partial charge is 0.396 e. The maximum Gasteiger partial charge on any atom is 0.180 e. The zero-order valence-corrected chi connectivity index (χ0v) is 14.5. The lowest BCUT2D eigenvalue weighted by molar-refractivity contribution is 0.0944. The Morgan fingerprint density at radius 1 is 1.43 bits per heavy atom. The van der Waals surface area contributed by atoms with Crippen LogP contribution in [0.3, 0.4) is 0 Å². The van der Waals surface area contributed by atoms with Crippen LogP contribution in [0.4, 0.5) is 10.7 Å². The first-order chi connectivity index (χ1) is 9.55. The lowest BCUT2D eigenvalue weighted by atomic mass is 10.1. The van der Waals surface area contributed by atoms with Crippen LogP contribution in [0.1, 0.15) is 43.3 Å². The number of nitrogens with one attached hydrogen (secondary N) is 1. The Morgan fingerprint density at radius 2 is 2.00 bits per heavy atom. The number of hydrogen-bond donors (Lipinski definition) is 2. The summed E-state index contributed by atoms with van der Waals surface area (Å²) in [5.41, 5.74) is 6.27. The molecule has 0 unspecified atom stereocenters. The normalized spacial score (nSPS) is 17.0. The minimum Gasteiger partial charge on any atom is -0.396 e. The van der Waals surface area contributed by atoms with Gasteiger partial charge in [0.05, 0.1) is 10.6 Å². The fourth-order valence-electron chi connectivity index (χ4n) is 2.04. The van der Waals surface area contributed by atoms with Crippen LogP contribution in [0.25, 0.3) is 0 Å². The van der Waals surface area contributed by atoms with Crippen LogP contribution in [-0.2, 0) is 9.84 Å². The van der Waals surface area contributed by atoms with Crippen molar-refractivity contribution < 1.29 is 13.2 Å². The van der Waals surface area contributed by atoms with E-state index < -0.39 is 9.84 Å². The second-order valence-electron chi connectivity index (χ2n) is 6.46. The fraction of sp³-hybridized carbons (Fsp3) is 0.643. The third kappa shape index (κ3) is 3.40. The van der Waals surface area contributed by atoms with E-state index >= 15 is 0 Å². The van der Waals surface area contributed by atoms with Crippen LogP contribution in [0.5, 0.6) is 0 Å². The van der Waals surface area contributed by atoms with Gasteiger partial charge in [-0.2, -0.15) is 0 Å². The summed E-state index contributed by atoms with van der Waals surface area (Å²) in [7, 11) is -3.48. The van der Waals surface area contributed by atoms with Gasteiger partial charge in [-0.3, -0.25) is 4.79 Å². The Hall–Kier alpha value is -1.08. The molecule has 0 radical (unpaired) electrons. The van der Waals surface area contributed by atoms with Gasteiger partial charge >= 0.3 is 0 Å². The van der Waals surface area contributed by atoms with E-state index in [0.717, 1.165) is 30.4 Å². The molecule has 2 rings (SSSR count). The van der Waals surface area contributed by atoms with Crippen molar-refractivity contribution in [3.63, 3.8) is 0 Å². The Morgan fingerprint density at radius 3 is 2.43 bits per heavy atom. The molecule has 3 N–H and O–H groups in total. The number of rotatable bonds is 6. The van der Waals surface area contributed by atoms with E-state index in [0.29, 0.717) is 16.4 Å². The number of nitrogen functional groups attached to an aromatic ring is 1. The Bertz CT molecular complexity index is 671. The van der Waals surface area contributed by atoms with Crippen molar-refractivity contribution >= 4 is 37.6 Å². The molecule has 21 heavy (non-hydrogen) atoms. The molecule has 1 aromatic heterocycles. The van der Waals surface area contributed by atoms with E-state index in [-0.39, 0.29) is 27.7 Å². The summed E-state index contributed by atoms with van der Waals surface area (Å²) in [4.78, 5) is 12.6. The molecule has 0 aliphatic heterocycles. The summed E-state index contributed by atoms with van der Waals surface area (Å²) in [5, 5.41) is 3.68. The number of carbonyl (C=O) groups excluding carboxylic acids is 1. The molecule has 118 valence electrons. The predicted molar refractivity (Wildman–Crippen MR) is 86.8 cm³/mol. The third-order valence-corrected chi connectivity index (χ3v) is 6.27. The second-order valence-corrected chi connectivity index (χ2v) is 9.43. The molecule has 5 nitrogen and oxygen atoms in total. The van der Waals surface area contributed by atoms with Crippen molar-refractivity contribution in [2.24, 2.45) is 11.3 Å². The lowest BCUT2D eigenvalue weighted by Gasteiger charge is -2.11. The highest BCUT2D eigenvalue weighted by atomic mass is 32.2. The summed E-state index contributed by atoms with van der Waals surface area (Å²) < 4.78 is 24.0. The molecule has 0 atom stereocenters. The molecule has 1 aliphatic rings. The van der Waals surface area contributed by atoms with Gasteiger partial charge in [0.25, 0.3) is 0 Å². The maximum absolute atomic E-state index is 12.2. The third-order valence-electron chi connectivity index (χ3n) is 3.80. The van der Waals surface area contributed by atoms with Crippen LogP contribution in [0.15, 0.2) is 4.90 Å². The van der Waals surface area contributed by atoms with Gasteiger partial charge in [0, 0.05) is 18.7 Å². The quantitative estimate of drug-likeness (QED) is 0.783. The van der Waals surface area contributed by atoms with Gasteiger partial charge in [-0.15, -0.1) is 11.3 Å². The van der Waals surface area contributed by atoms with Gasteiger partial charge < -0.3 is 11.1 Å². The van der Waals surface area contributed by atoms with Crippen LogP contribution >= 0.6 is 11.3 Å². The van der Waals surface area contributed by atoms with Crippen LogP contribution < -0.4 is 11.1 Å². The van der Waals surface area contributed by atoms with Crippen molar-refractivity contribution in [3.05, 3.63) is 4.88 Å². The van der Waals surface area contributed by atoms with E-state index in [1.54, 1.807) is 13.8 Å². The number of Topliss-reactive ketones (excluding diaryl/α,β-unsaturated/α-hetero) is 1. The van der Waals surface area contributed by atoms with E-state index in [2.05, 4.69) is 12.2 Å². The second kappa shape index (κ2) is 5.28. The van der Waals surface area contributed by atoms with Crippen LogP contribution in [0, 0.1) is 11.3 Å². The molecule has 1 saturated carbocycles. The first kappa shape index (κ1) is 16.3. The van der Waals surface area contributed by atoms with Gasteiger partial charge in [-0.25, -0.2) is 8.42 Å². The molecule has 0 bridgehead atoms. The molecule has 1 heterocycles. The number of sulfone groups is 1. The molecule has 7 heteroatoms. The number of nitrogens with two attached hydrogens (primary N) is 1. The predicted octanol–water partition coefficient (Wildman–Crippen LogP) is 2.78. The maximum atomic E-state index is 12.2. The standard InChI is InChI=1S/C14H22N2O3S2/c1-8(2)10(17)11-9(15)12(21(4,18)19)13(20-11)16-7-14(3)5-6-14/h8,16H,5-7,15H2,1-4H3. The Labute approximate surface area is 129 Å². The molecular weight excluding hydrogens is 308 g/mol. The van der Waals surface area contributed by atoms with Gasteiger partial charge in [0.15, 0.2) is 15.6 Å². The minimum atomic E-state index is -3.48. The highest BCUT2D eigenvalue weighted by Gasteiger charge is 2.38. The summed E-state index contributed by atoms with van der Waals surface area (Å²) >= 11 is 1.15.